The van der Waals surface area contributed by atoms with Gasteiger partial charge in [0.25, 0.3) is 0 Å². The van der Waals surface area contributed by atoms with Crippen LogP contribution in [-0.2, 0) is 0 Å². The molecule has 0 amide bonds. The zero-order chi connectivity index (χ0) is 9.97. The summed E-state index contributed by atoms with van der Waals surface area (Å²) >= 11 is 0. The first-order valence-electron chi connectivity index (χ1n) is 4.13. The minimum atomic E-state index is 0.429. The molecule has 0 heterocycles. The topological polar surface area (TPSA) is 8.72 Å². The molecule has 2 aromatic carbocycles. The molecular weight excluding hydrogens is 172 g/mol. The average molecular weight is 178 g/mol. The summed E-state index contributed by atoms with van der Waals surface area (Å²) in [4.78, 5) is 6.73. The van der Waals surface area contributed by atoms with Crippen LogP contribution >= 0.6 is 0 Å². The molecule has 0 radical (unpaired) electrons. The fourth-order valence-corrected chi connectivity index (χ4v) is 1.45. The highest BCUT2D eigenvalue weighted by atomic mass is 14.8. The zero-order valence-electron chi connectivity index (χ0n) is 7.36. The monoisotopic (exact) mass is 178 g/mol. The van der Waals surface area contributed by atoms with Crippen molar-refractivity contribution in [3.63, 3.8) is 0 Å². The fourth-order valence-electron chi connectivity index (χ4n) is 1.45. The lowest BCUT2D eigenvalue weighted by Gasteiger charge is -2.00. The number of nitrogens with zero attached hydrogens (tertiary/aromatic N) is 2. The summed E-state index contributed by atoms with van der Waals surface area (Å²) in [5, 5.41) is 1.86. The third-order valence-electron chi connectivity index (χ3n) is 2.11. The van der Waals surface area contributed by atoms with Crippen LogP contribution in [0.4, 0.5) is 11.4 Å². The van der Waals surface area contributed by atoms with E-state index in [1.807, 2.05) is 30.3 Å². The van der Waals surface area contributed by atoms with Crippen molar-refractivity contribution in [1.82, 2.24) is 0 Å². The summed E-state index contributed by atoms with van der Waals surface area (Å²) in [6, 6.07) is 11.2. The van der Waals surface area contributed by atoms with Crippen molar-refractivity contribution in [3.8, 4) is 0 Å². The molecule has 0 aromatic heterocycles. The minimum absolute atomic E-state index is 0.429. The third kappa shape index (κ3) is 1.11. The van der Waals surface area contributed by atoms with Gasteiger partial charge in [0.1, 0.15) is 0 Å². The highest BCUT2D eigenvalue weighted by Crippen LogP contribution is 2.35. The van der Waals surface area contributed by atoms with Gasteiger partial charge in [-0.15, -0.1) is 0 Å². The Hall–Kier alpha value is -2.32. The van der Waals surface area contributed by atoms with Gasteiger partial charge in [0, 0.05) is 0 Å². The molecule has 0 saturated carbocycles. The molecule has 0 spiro atoms. The Labute approximate surface area is 82.0 Å². The minimum Gasteiger partial charge on any atom is -0.250 e. The van der Waals surface area contributed by atoms with Gasteiger partial charge in [-0.3, -0.25) is 4.85 Å². The molecule has 0 saturated heterocycles. The van der Waals surface area contributed by atoms with E-state index in [1.165, 1.54) is 0 Å². The van der Waals surface area contributed by atoms with Crippen LogP contribution < -0.4 is 0 Å². The largest absolute Gasteiger partial charge is 0.250 e. The predicted octanol–water partition coefficient (Wildman–Crippen LogP) is 3.94. The average Bonchev–Trinajstić information content (AvgIpc) is 2.27. The molecule has 2 aromatic rings. The van der Waals surface area contributed by atoms with Crippen molar-refractivity contribution in [1.29, 1.82) is 0 Å². The highest BCUT2D eigenvalue weighted by Gasteiger charge is 2.05. The van der Waals surface area contributed by atoms with Crippen molar-refractivity contribution in [2.75, 3.05) is 0 Å². The second-order valence-corrected chi connectivity index (χ2v) is 2.88. The molecule has 0 bridgehead atoms. The molecule has 2 rings (SSSR count). The number of benzene rings is 2. The van der Waals surface area contributed by atoms with Gasteiger partial charge in [-0.2, -0.15) is 0 Å². The van der Waals surface area contributed by atoms with E-state index in [4.69, 9.17) is 13.1 Å². The maximum atomic E-state index is 7.05. The van der Waals surface area contributed by atoms with Crippen molar-refractivity contribution in [2.45, 2.75) is 0 Å². The molecule has 0 aliphatic rings. The highest BCUT2D eigenvalue weighted by molar-refractivity contribution is 6.00. The molecule has 0 atom stereocenters. The van der Waals surface area contributed by atoms with Crippen LogP contribution in [0.5, 0.6) is 0 Å². The van der Waals surface area contributed by atoms with E-state index in [9.17, 15) is 0 Å². The van der Waals surface area contributed by atoms with Crippen LogP contribution in [0.3, 0.4) is 0 Å². The number of hydrogen-bond acceptors (Lipinski definition) is 0. The van der Waals surface area contributed by atoms with Crippen LogP contribution in [0.15, 0.2) is 36.4 Å². The number of fused-ring (bicyclic) bond motifs is 1. The maximum Gasteiger partial charge on any atom is 0.202 e. The second-order valence-electron chi connectivity index (χ2n) is 2.88. The van der Waals surface area contributed by atoms with E-state index < -0.39 is 0 Å². The van der Waals surface area contributed by atoms with E-state index in [2.05, 4.69) is 9.69 Å². The second kappa shape index (κ2) is 3.20. The normalized spacial score (nSPS) is 9.29. The molecule has 0 aliphatic carbocycles. The molecule has 0 aliphatic heterocycles. The summed E-state index contributed by atoms with van der Waals surface area (Å²) < 4.78 is 0. The Kier molecular flexibility index (Phi) is 1.89. The summed E-state index contributed by atoms with van der Waals surface area (Å²) in [5.74, 6) is 0. The Morgan fingerprint density at radius 2 is 1.64 bits per heavy atom. The van der Waals surface area contributed by atoms with Gasteiger partial charge >= 0.3 is 0 Å². The fraction of sp³-hybridized carbons (Fsp3) is 0. The Morgan fingerprint density at radius 1 is 0.857 bits per heavy atom. The lowest BCUT2D eigenvalue weighted by atomic mass is 10.1. The lowest BCUT2D eigenvalue weighted by Crippen LogP contribution is -1.71. The van der Waals surface area contributed by atoms with Gasteiger partial charge in [-0.1, -0.05) is 36.4 Å². The Balaban J connectivity index is 2.94. The van der Waals surface area contributed by atoms with E-state index in [1.54, 1.807) is 6.07 Å². The van der Waals surface area contributed by atoms with Crippen LogP contribution in [0, 0.1) is 13.1 Å². The molecule has 2 heteroatoms. The van der Waals surface area contributed by atoms with Gasteiger partial charge in [0.2, 0.25) is 5.69 Å². The standard InChI is InChI=1S/C12H6N2/c1-13-11-8-7-9-5-3-4-6-10(9)12(11)14-2/h3-8H. The van der Waals surface area contributed by atoms with Crippen molar-refractivity contribution < 1.29 is 0 Å². The molecular formula is C12H6N2. The van der Waals surface area contributed by atoms with Gasteiger partial charge in [0.05, 0.1) is 13.1 Å². The summed E-state index contributed by atoms with van der Waals surface area (Å²) in [6.45, 7) is 14.0. The maximum absolute atomic E-state index is 7.05. The first-order valence-corrected chi connectivity index (χ1v) is 4.13. The molecule has 0 unspecified atom stereocenters. The number of hydrogen-bond donors (Lipinski definition) is 0. The van der Waals surface area contributed by atoms with Crippen LogP contribution in [0.2, 0.25) is 0 Å². The quantitative estimate of drug-likeness (QED) is 0.540. The molecule has 0 fully saturated rings. The van der Waals surface area contributed by atoms with E-state index in [0.717, 1.165) is 10.8 Å². The summed E-state index contributed by atoms with van der Waals surface area (Å²) in [7, 11) is 0. The van der Waals surface area contributed by atoms with E-state index in [-0.39, 0.29) is 0 Å². The third-order valence-corrected chi connectivity index (χ3v) is 2.11. The van der Waals surface area contributed by atoms with Crippen LogP contribution in [0.1, 0.15) is 0 Å². The van der Waals surface area contributed by atoms with Crippen LogP contribution in [0.25, 0.3) is 20.5 Å². The predicted molar refractivity (Wildman–Crippen MR) is 56.5 cm³/mol. The van der Waals surface area contributed by atoms with Gasteiger partial charge in [-0.25, -0.2) is 4.85 Å². The van der Waals surface area contributed by atoms with Crippen molar-refractivity contribution >= 4 is 22.1 Å². The SMILES string of the molecule is [C-]#[N+]c1ccc2ccccc2c1[N+]#[C-]. The smallest absolute Gasteiger partial charge is 0.202 e. The molecule has 14 heavy (non-hydrogen) atoms. The Morgan fingerprint density at radius 3 is 2.36 bits per heavy atom. The first-order chi connectivity index (χ1) is 6.86. The molecule has 0 N–H and O–H groups in total. The van der Waals surface area contributed by atoms with Gasteiger partial charge in [-0.05, 0) is 10.8 Å². The van der Waals surface area contributed by atoms with Gasteiger partial charge in [0.15, 0.2) is 5.69 Å². The van der Waals surface area contributed by atoms with Crippen molar-refractivity contribution in [2.24, 2.45) is 0 Å². The summed E-state index contributed by atoms with van der Waals surface area (Å²) in [5.41, 5.74) is 0.886. The number of rotatable bonds is 0. The summed E-state index contributed by atoms with van der Waals surface area (Å²) in [6.07, 6.45) is 0. The van der Waals surface area contributed by atoms with Crippen LogP contribution in [-0.4, -0.2) is 0 Å². The van der Waals surface area contributed by atoms with Crippen molar-refractivity contribution in [3.05, 3.63) is 59.2 Å². The lowest BCUT2D eigenvalue weighted by molar-refractivity contribution is 1.75. The molecule has 64 valence electrons. The van der Waals surface area contributed by atoms with E-state index in [0.29, 0.717) is 11.4 Å². The Bertz CT molecular complexity index is 571. The van der Waals surface area contributed by atoms with E-state index >= 15 is 0 Å². The van der Waals surface area contributed by atoms with Gasteiger partial charge < -0.3 is 0 Å². The molecule has 2 nitrogen and oxygen atoms in total. The first kappa shape index (κ1) is 8.29. The zero-order valence-corrected chi connectivity index (χ0v) is 7.36.